The van der Waals surface area contributed by atoms with E-state index in [4.69, 9.17) is 10.6 Å². The van der Waals surface area contributed by atoms with Crippen molar-refractivity contribution in [1.82, 2.24) is 15.5 Å². The van der Waals surface area contributed by atoms with Crippen molar-refractivity contribution in [2.75, 3.05) is 19.8 Å². The van der Waals surface area contributed by atoms with Gasteiger partial charge < -0.3 is 17.3 Å². The van der Waals surface area contributed by atoms with Gasteiger partial charge in [0.05, 0.1) is 12.2 Å². The van der Waals surface area contributed by atoms with Crippen LogP contribution in [0.15, 0.2) is 30.3 Å². The molecular weight excluding hydrogens is 259 g/mol. The summed E-state index contributed by atoms with van der Waals surface area (Å²) in [5.74, 6) is -0.624. The Hall–Kier alpha value is -1.12. The minimum absolute atomic E-state index is 0. The van der Waals surface area contributed by atoms with Crippen LogP contribution in [0.4, 0.5) is 4.79 Å². The van der Waals surface area contributed by atoms with E-state index >= 15 is 0 Å². The fourth-order valence-electron chi connectivity index (χ4n) is 1.60. The fraction of sp³-hybridized carbons (Fsp3) is 0.273. The van der Waals surface area contributed by atoms with Gasteiger partial charge in [0.1, 0.15) is 0 Å². The maximum atomic E-state index is 11.8. The first-order valence-electron chi connectivity index (χ1n) is 5.51. The summed E-state index contributed by atoms with van der Waals surface area (Å²) in [4.78, 5) is 28.0. The third-order valence-corrected chi connectivity index (χ3v) is 2.47. The average molecular weight is 274 g/mol. The summed E-state index contributed by atoms with van der Waals surface area (Å²) in [7, 11) is 0. The van der Waals surface area contributed by atoms with Crippen molar-refractivity contribution in [3.63, 3.8) is 0 Å². The molecule has 19 heavy (non-hydrogen) atoms. The summed E-state index contributed by atoms with van der Waals surface area (Å²) in [5, 5.41) is 5.31. The molecule has 2 amide bonds. The smallest absolute Gasteiger partial charge is 1.00 e. The van der Waals surface area contributed by atoms with Gasteiger partial charge in [0.2, 0.25) is 0 Å². The quantitative estimate of drug-likeness (QED) is 0.444. The van der Waals surface area contributed by atoms with Gasteiger partial charge >= 0.3 is 41.6 Å². The summed E-state index contributed by atoms with van der Waals surface area (Å²) in [6.07, 6.45) is 0. The standard InChI is InChI=1S/C11H14N4O3.Na.H/c12-11(17)15(14-7-6-13-8-14)18-10(16)9-4-2-1-3-5-9;;/h1-5,13H,6-8H2,(H2,12,17);;/q;+1;-1. The van der Waals surface area contributed by atoms with Crippen molar-refractivity contribution in [3.05, 3.63) is 35.9 Å². The van der Waals surface area contributed by atoms with E-state index in [1.165, 1.54) is 5.01 Å². The van der Waals surface area contributed by atoms with Gasteiger partial charge in [-0.1, -0.05) is 23.4 Å². The molecule has 0 aromatic heterocycles. The summed E-state index contributed by atoms with van der Waals surface area (Å²) >= 11 is 0. The summed E-state index contributed by atoms with van der Waals surface area (Å²) in [6, 6.07) is 7.58. The molecule has 0 atom stereocenters. The first kappa shape index (κ1) is 15.9. The van der Waals surface area contributed by atoms with Crippen LogP contribution in [0, 0.1) is 0 Å². The Bertz CT molecular complexity index is 443. The molecule has 1 aliphatic rings. The van der Waals surface area contributed by atoms with Crippen LogP contribution in [-0.4, -0.2) is 41.9 Å². The number of primary amides is 1. The van der Waals surface area contributed by atoms with Crippen LogP contribution in [0.25, 0.3) is 0 Å². The molecule has 1 fully saturated rings. The van der Waals surface area contributed by atoms with Gasteiger partial charge in [-0.05, 0) is 12.1 Å². The summed E-state index contributed by atoms with van der Waals surface area (Å²) in [5.41, 5.74) is 5.54. The number of hydrogen-bond acceptors (Lipinski definition) is 5. The Kier molecular flexibility index (Phi) is 6.26. The number of benzene rings is 1. The molecule has 1 aromatic carbocycles. The van der Waals surface area contributed by atoms with Crippen molar-refractivity contribution in [2.45, 2.75) is 0 Å². The van der Waals surface area contributed by atoms with E-state index in [2.05, 4.69) is 5.32 Å². The van der Waals surface area contributed by atoms with E-state index in [1.54, 1.807) is 30.3 Å². The molecular formula is C11H15N4NaO3. The van der Waals surface area contributed by atoms with Gasteiger partial charge in [-0.15, -0.1) is 0 Å². The fourth-order valence-corrected chi connectivity index (χ4v) is 1.60. The maximum absolute atomic E-state index is 11.8. The zero-order chi connectivity index (χ0) is 13.0. The second kappa shape index (κ2) is 7.46. The van der Waals surface area contributed by atoms with Gasteiger partial charge in [-0.2, -0.15) is 5.01 Å². The van der Waals surface area contributed by atoms with Gasteiger partial charge in [0.25, 0.3) is 0 Å². The van der Waals surface area contributed by atoms with Gasteiger partial charge in [0, 0.05) is 13.1 Å². The first-order chi connectivity index (χ1) is 8.68. The average Bonchev–Trinajstić information content (AvgIpc) is 2.90. The SMILES string of the molecule is NC(=O)N(OC(=O)c1ccccc1)N1CCNC1.[H-].[Na+]. The normalized spacial score (nSPS) is 14.5. The van der Waals surface area contributed by atoms with Crippen molar-refractivity contribution in [2.24, 2.45) is 5.73 Å². The van der Waals surface area contributed by atoms with Crippen molar-refractivity contribution in [1.29, 1.82) is 0 Å². The molecule has 0 unspecified atom stereocenters. The van der Waals surface area contributed by atoms with Crippen LogP contribution in [0.5, 0.6) is 0 Å². The number of rotatable bonds is 2. The van der Waals surface area contributed by atoms with E-state index in [9.17, 15) is 9.59 Å². The molecule has 8 heteroatoms. The van der Waals surface area contributed by atoms with E-state index in [1.807, 2.05) is 0 Å². The Morgan fingerprint density at radius 1 is 1.37 bits per heavy atom. The Morgan fingerprint density at radius 3 is 2.58 bits per heavy atom. The maximum Gasteiger partial charge on any atom is 1.00 e. The Labute approximate surface area is 134 Å². The summed E-state index contributed by atoms with van der Waals surface area (Å²) in [6.45, 7) is 1.66. The van der Waals surface area contributed by atoms with Crippen LogP contribution >= 0.6 is 0 Å². The molecule has 0 saturated carbocycles. The number of hydrogen-bond donors (Lipinski definition) is 2. The number of urea groups is 1. The molecule has 0 radical (unpaired) electrons. The molecule has 1 saturated heterocycles. The third-order valence-electron chi connectivity index (χ3n) is 2.47. The van der Waals surface area contributed by atoms with Crippen molar-refractivity contribution >= 4 is 12.0 Å². The van der Waals surface area contributed by atoms with Crippen LogP contribution in [0.1, 0.15) is 11.8 Å². The van der Waals surface area contributed by atoms with Gasteiger partial charge in [-0.25, -0.2) is 9.59 Å². The largest absolute Gasteiger partial charge is 1.00 e. The molecule has 98 valence electrons. The monoisotopic (exact) mass is 274 g/mol. The van der Waals surface area contributed by atoms with Crippen molar-refractivity contribution in [3.8, 4) is 0 Å². The molecule has 3 N–H and O–H groups in total. The number of nitrogens with one attached hydrogen (secondary N) is 1. The minimum atomic E-state index is -0.831. The minimum Gasteiger partial charge on any atom is -1.00 e. The third kappa shape index (κ3) is 4.19. The second-order valence-electron chi connectivity index (χ2n) is 3.74. The molecule has 0 bridgehead atoms. The number of hydroxylamine groups is 1. The van der Waals surface area contributed by atoms with Crippen LogP contribution in [0.3, 0.4) is 0 Å². The molecule has 0 aliphatic carbocycles. The predicted octanol–water partition coefficient (Wildman–Crippen LogP) is -2.97. The van der Waals surface area contributed by atoms with Crippen molar-refractivity contribution < 1.29 is 45.4 Å². The number of carbonyl (C=O) groups is 2. The molecule has 7 nitrogen and oxygen atoms in total. The zero-order valence-electron chi connectivity index (χ0n) is 11.7. The Balaban J connectivity index is 0.00000180. The number of nitrogens with zero attached hydrogens (tertiary/aromatic N) is 2. The van der Waals surface area contributed by atoms with Gasteiger partial charge in [-0.3, -0.25) is 0 Å². The number of nitrogens with two attached hydrogens (primary N) is 1. The molecule has 1 aliphatic heterocycles. The number of amides is 2. The summed E-state index contributed by atoms with van der Waals surface area (Å²) < 4.78 is 0. The molecule has 0 spiro atoms. The van der Waals surface area contributed by atoms with Crippen LogP contribution in [-0.2, 0) is 4.84 Å². The van der Waals surface area contributed by atoms with E-state index < -0.39 is 12.0 Å². The molecule has 1 aromatic rings. The molecule has 1 heterocycles. The van der Waals surface area contributed by atoms with Gasteiger partial charge in [0.15, 0.2) is 0 Å². The Morgan fingerprint density at radius 2 is 2.05 bits per heavy atom. The zero-order valence-corrected chi connectivity index (χ0v) is 12.7. The predicted molar refractivity (Wildman–Crippen MR) is 64.0 cm³/mol. The first-order valence-corrected chi connectivity index (χ1v) is 5.51. The molecule has 2 rings (SSSR count). The van der Waals surface area contributed by atoms with Crippen LogP contribution < -0.4 is 40.6 Å². The van der Waals surface area contributed by atoms with E-state index in [0.29, 0.717) is 25.3 Å². The van der Waals surface area contributed by atoms with E-state index in [0.717, 1.165) is 5.17 Å². The number of hydrazine groups is 1. The topological polar surface area (TPSA) is 87.9 Å². The second-order valence-corrected chi connectivity index (χ2v) is 3.74. The number of carbonyl (C=O) groups excluding carboxylic acids is 2. The van der Waals surface area contributed by atoms with E-state index in [-0.39, 0.29) is 31.0 Å². The van der Waals surface area contributed by atoms with Crippen LogP contribution in [0.2, 0.25) is 0 Å².